The van der Waals surface area contributed by atoms with Crippen molar-refractivity contribution in [2.45, 2.75) is 26.7 Å². The van der Waals surface area contributed by atoms with Gasteiger partial charge in [0.2, 0.25) is 5.91 Å². The Kier molecular flexibility index (Phi) is 4.27. The number of aromatic nitrogens is 1. The zero-order valence-electron chi connectivity index (χ0n) is 10.9. The Balaban J connectivity index is 2.39. The molecule has 1 N–H and O–H groups in total. The predicted octanol–water partition coefficient (Wildman–Crippen LogP) is 3.86. The molecule has 0 radical (unpaired) electrons. The highest BCUT2D eigenvalue weighted by Crippen LogP contribution is 2.32. The monoisotopic (exact) mass is 278 g/mol. The van der Waals surface area contributed by atoms with Gasteiger partial charge in [-0.2, -0.15) is 0 Å². The van der Waals surface area contributed by atoms with Crippen molar-refractivity contribution >= 4 is 22.4 Å². The molecule has 100 valence electrons. The zero-order valence-corrected chi connectivity index (χ0v) is 11.7. The Morgan fingerprint density at radius 3 is 2.63 bits per heavy atom. The van der Waals surface area contributed by atoms with Crippen molar-refractivity contribution in [1.29, 1.82) is 0 Å². The molecule has 1 aromatic carbocycles. The van der Waals surface area contributed by atoms with Crippen molar-refractivity contribution in [1.82, 2.24) is 4.98 Å². The lowest BCUT2D eigenvalue weighted by Gasteiger charge is -2.00. The first-order chi connectivity index (χ1) is 9.10. The molecule has 0 saturated heterocycles. The van der Waals surface area contributed by atoms with Crippen molar-refractivity contribution < 1.29 is 9.18 Å². The van der Waals surface area contributed by atoms with E-state index in [2.05, 4.69) is 17.2 Å². The van der Waals surface area contributed by atoms with Gasteiger partial charge >= 0.3 is 0 Å². The lowest BCUT2D eigenvalue weighted by molar-refractivity contribution is -0.114. The molecule has 0 saturated carbocycles. The van der Waals surface area contributed by atoms with E-state index < -0.39 is 0 Å². The molecule has 5 heteroatoms. The highest BCUT2D eigenvalue weighted by Gasteiger charge is 2.13. The molecule has 1 amide bonds. The van der Waals surface area contributed by atoms with Crippen LogP contribution in [0.15, 0.2) is 24.3 Å². The van der Waals surface area contributed by atoms with Gasteiger partial charge in [-0.3, -0.25) is 4.79 Å². The predicted molar refractivity (Wildman–Crippen MR) is 75.8 cm³/mol. The van der Waals surface area contributed by atoms with E-state index >= 15 is 0 Å². The molecule has 0 bridgehead atoms. The lowest BCUT2D eigenvalue weighted by Crippen LogP contribution is -2.04. The van der Waals surface area contributed by atoms with Crippen LogP contribution in [-0.2, 0) is 11.2 Å². The molecule has 1 aromatic heterocycles. The molecule has 0 aliphatic rings. The van der Waals surface area contributed by atoms with Crippen molar-refractivity contribution in [3.05, 3.63) is 35.0 Å². The minimum atomic E-state index is -0.266. The number of rotatable bonds is 4. The van der Waals surface area contributed by atoms with Gasteiger partial charge in [0.1, 0.15) is 5.82 Å². The number of hydrogen-bond acceptors (Lipinski definition) is 3. The summed E-state index contributed by atoms with van der Waals surface area (Å²) in [5, 5.41) is 3.29. The molecule has 0 aliphatic heterocycles. The quantitative estimate of drug-likeness (QED) is 0.922. The third-order valence-electron chi connectivity index (χ3n) is 2.58. The minimum Gasteiger partial charge on any atom is -0.302 e. The number of hydrogen-bond donors (Lipinski definition) is 1. The summed E-state index contributed by atoms with van der Waals surface area (Å²) in [6, 6.07) is 6.26. The lowest BCUT2D eigenvalue weighted by atomic mass is 10.1. The molecule has 0 fully saturated rings. The van der Waals surface area contributed by atoms with Gasteiger partial charge < -0.3 is 5.32 Å². The Bertz CT molecular complexity index is 578. The van der Waals surface area contributed by atoms with Gasteiger partial charge in [0.25, 0.3) is 0 Å². The number of carbonyl (C=O) groups excluding carboxylic acids is 1. The van der Waals surface area contributed by atoms with Crippen LogP contribution < -0.4 is 5.32 Å². The van der Waals surface area contributed by atoms with Crippen LogP contribution >= 0.6 is 11.3 Å². The Hall–Kier alpha value is -1.75. The van der Waals surface area contributed by atoms with Crippen molar-refractivity contribution in [2.24, 2.45) is 0 Å². The number of benzene rings is 1. The van der Waals surface area contributed by atoms with Crippen LogP contribution in [0.2, 0.25) is 0 Å². The van der Waals surface area contributed by atoms with Crippen LogP contribution in [0.4, 0.5) is 9.52 Å². The molecule has 0 atom stereocenters. The number of carbonyl (C=O) groups is 1. The summed E-state index contributed by atoms with van der Waals surface area (Å²) in [5.74, 6) is -0.402. The molecule has 2 rings (SSSR count). The Labute approximate surface area is 115 Å². The number of anilines is 1. The summed E-state index contributed by atoms with van der Waals surface area (Å²) in [6.07, 6.45) is 1.89. The third kappa shape index (κ3) is 3.38. The van der Waals surface area contributed by atoms with E-state index in [9.17, 15) is 9.18 Å². The van der Waals surface area contributed by atoms with Gasteiger partial charge in [-0.15, -0.1) is 11.3 Å². The Morgan fingerprint density at radius 2 is 2.05 bits per heavy atom. The van der Waals surface area contributed by atoms with Gasteiger partial charge in [0.15, 0.2) is 5.13 Å². The molecule has 1 heterocycles. The van der Waals surface area contributed by atoms with Gasteiger partial charge in [-0.25, -0.2) is 9.37 Å². The van der Waals surface area contributed by atoms with Crippen LogP contribution in [0, 0.1) is 5.82 Å². The topological polar surface area (TPSA) is 42.0 Å². The summed E-state index contributed by atoms with van der Waals surface area (Å²) in [4.78, 5) is 16.6. The van der Waals surface area contributed by atoms with Gasteiger partial charge in [0.05, 0.1) is 5.69 Å². The minimum absolute atomic E-state index is 0.137. The molecular formula is C14H15FN2OS. The van der Waals surface area contributed by atoms with Crippen LogP contribution in [0.3, 0.4) is 0 Å². The van der Waals surface area contributed by atoms with Crippen LogP contribution in [0.25, 0.3) is 11.3 Å². The van der Waals surface area contributed by atoms with E-state index in [-0.39, 0.29) is 11.7 Å². The van der Waals surface area contributed by atoms with Crippen molar-refractivity contribution in [2.75, 3.05) is 5.32 Å². The molecule has 0 aliphatic carbocycles. The number of aryl methyl sites for hydroxylation is 1. The molecule has 3 nitrogen and oxygen atoms in total. The number of nitrogens with one attached hydrogen (secondary N) is 1. The van der Waals surface area contributed by atoms with E-state index in [0.29, 0.717) is 5.13 Å². The number of halogens is 1. The van der Waals surface area contributed by atoms with Gasteiger partial charge in [-0.1, -0.05) is 13.3 Å². The number of nitrogens with zero attached hydrogens (tertiary/aromatic N) is 1. The fourth-order valence-electron chi connectivity index (χ4n) is 1.79. The highest BCUT2D eigenvalue weighted by atomic mass is 32.1. The smallest absolute Gasteiger partial charge is 0.223 e. The Morgan fingerprint density at radius 1 is 1.37 bits per heavy atom. The fourth-order valence-corrected chi connectivity index (χ4v) is 2.92. The molecule has 2 aromatic rings. The van der Waals surface area contributed by atoms with Gasteiger partial charge in [0, 0.05) is 17.4 Å². The maximum Gasteiger partial charge on any atom is 0.223 e. The SMILES string of the molecule is CCCc1sc(NC(C)=O)nc1-c1ccc(F)cc1. The molecule has 0 unspecified atom stereocenters. The van der Waals surface area contributed by atoms with Crippen molar-refractivity contribution in [3.63, 3.8) is 0 Å². The van der Waals surface area contributed by atoms with Gasteiger partial charge in [-0.05, 0) is 30.7 Å². The summed E-state index contributed by atoms with van der Waals surface area (Å²) < 4.78 is 13.0. The number of amides is 1. The molecule has 19 heavy (non-hydrogen) atoms. The summed E-state index contributed by atoms with van der Waals surface area (Å²) in [5.41, 5.74) is 1.70. The first kappa shape index (κ1) is 13.7. The summed E-state index contributed by atoms with van der Waals surface area (Å²) in [7, 11) is 0. The second-order valence-electron chi connectivity index (χ2n) is 4.23. The normalized spacial score (nSPS) is 10.5. The van der Waals surface area contributed by atoms with E-state index in [1.807, 2.05) is 0 Å². The van der Waals surface area contributed by atoms with Crippen molar-refractivity contribution in [3.8, 4) is 11.3 Å². The first-order valence-electron chi connectivity index (χ1n) is 6.13. The van der Waals surface area contributed by atoms with E-state index in [1.165, 1.54) is 30.4 Å². The average molecular weight is 278 g/mol. The second-order valence-corrected chi connectivity index (χ2v) is 5.31. The average Bonchev–Trinajstić information content (AvgIpc) is 2.72. The largest absolute Gasteiger partial charge is 0.302 e. The molecular weight excluding hydrogens is 263 g/mol. The maximum absolute atomic E-state index is 13.0. The first-order valence-corrected chi connectivity index (χ1v) is 6.95. The van der Waals surface area contributed by atoms with Crippen LogP contribution in [-0.4, -0.2) is 10.9 Å². The molecule has 0 spiro atoms. The number of thiazole rings is 1. The third-order valence-corrected chi connectivity index (χ3v) is 3.61. The highest BCUT2D eigenvalue weighted by molar-refractivity contribution is 7.16. The zero-order chi connectivity index (χ0) is 13.8. The standard InChI is InChI=1S/C14H15FN2OS/c1-3-4-12-13(10-5-7-11(15)8-6-10)17-14(19-12)16-9(2)18/h5-8H,3-4H2,1-2H3,(H,16,17,18). The maximum atomic E-state index is 13.0. The fraction of sp³-hybridized carbons (Fsp3) is 0.286. The van der Waals surface area contributed by atoms with Crippen LogP contribution in [0.5, 0.6) is 0 Å². The van der Waals surface area contributed by atoms with Crippen LogP contribution in [0.1, 0.15) is 25.1 Å². The van der Waals surface area contributed by atoms with E-state index in [0.717, 1.165) is 29.0 Å². The summed E-state index contributed by atoms with van der Waals surface area (Å²) >= 11 is 1.47. The van der Waals surface area contributed by atoms with E-state index in [1.54, 1.807) is 12.1 Å². The summed E-state index contributed by atoms with van der Waals surface area (Å²) in [6.45, 7) is 3.55. The second kappa shape index (κ2) is 5.93. The van der Waals surface area contributed by atoms with E-state index in [4.69, 9.17) is 0 Å².